The van der Waals surface area contributed by atoms with E-state index in [4.69, 9.17) is 9.47 Å². The molecule has 0 N–H and O–H groups in total. The van der Waals surface area contributed by atoms with Crippen molar-refractivity contribution in [3.63, 3.8) is 0 Å². The van der Waals surface area contributed by atoms with Crippen molar-refractivity contribution < 1.29 is 14.3 Å². The van der Waals surface area contributed by atoms with Crippen LogP contribution >= 0.6 is 0 Å². The summed E-state index contributed by atoms with van der Waals surface area (Å²) in [6.07, 6.45) is 3.23. The number of amidine groups is 1. The van der Waals surface area contributed by atoms with Crippen LogP contribution in [0.3, 0.4) is 0 Å². The molecule has 172 valence electrons. The van der Waals surface area contributed by atoms with Crippen LogP contribution in [0.1, 0.15) is 31.9 Å². The average molecular weight is 438 g/mol. The lowest BCUT2D eigenvalue weighted by Gasteiger charge is -2.21. The Bertz CT molecular complexity index is 886. The molecule has 0 aliphatic heterocycles. The monoisotopic (exact) mass is 437 g/mol. The lowest BCUT2D eigenvalue weighted by atomic mass is 10.1. The second kappa shape index (κ2) is 13.2. The highest BCUT2D eigenvalue weighted by molar-refractivity contribution is 5.85. The van der Waals surface area contributed by atoms with Gasteiger partial charge in [0.05, 0.1) is 7.11 Å². The fraction of sp³-hybridized carbons (Fsp3) is 0.385. The molecule has 0 aliphatic rings. The van der Waals surface area contributed by atoms with Crippen LogP contribution < -0.4 is 9.64 Å². The van der Waals surface area contributed by atoms with E-state index >= 15 is 0 Å². The van der Waals surface area contributed by atoms with Crippen molar-refractivity contribution in [3.05, 3.63) is 65.4 Å². The van der Waals surface area contributed by atoms with Crippen molar-refractivity contribution in [2.75, 3.05) is 45.2 Å². The standard InChI is InChI=1S/C26H35N3O3/c1-6-28(4)26(27-18-17-21-11-15-24(31-5)16-12-21)32-25(20-30)19-22-9-13-23(14-10-22)29(7-2)8-3/h9-16,19-20H,6-8,17-18H2,1-5H3/b25-19+,27-26-. The molecule has 2 rings (SSSR count). The number of rotatable bonds is 11. The summed E-state index contributed by atoms with van der Waals surface area (Å²) in [5.41, 5.74) is 3.22. The lowest BCUT2D eigenvalue weighted by Crippen LogP contribution is -2.29. The van der Waals surface area contributed by atoms with Gasteiger partial charge >= 0.3 is 0 Å². The summed E-state index contributed by atoms with van der Waals surface area (Å²) in [6, 6.07) is 16.5. The van der Waals surface area contributed by atoms with Crippen molar-refractivity contribution >= 4 is 24.1 Å². The van der Waals surface area contributed by atoms with Crippen molar-refractivity contribution in [2.24, 2.45) is 4.99 Å². The summed E-state index contributed by atoms with van der Waals surface area (Å²) in [7, 11) is 3.55. The molecular formula is C26H35N3O3. The zero-order valence-corrected chi connectivity index (χ0v) is 19.9. The number of nitrogens with zero attached hydrogens (tertiary/aromatic N) is 3. The quantitative estimate of drug-likeness (QED) is 0.168. The van der Waals surface area contributed by atoms with Gasteiger partial charge in [-0.2, -0.15) is 0 Å². The summed E-state index contributed by atoms with van der Waals surface area (Å²) < 4.78 is 11.1. The molecule has 6 heteroatoms. The number of hydrogen-bond acceptors (Lipinski definition) is 5. The maximum absolute atomic E-state index is 11.7. The number of benzene rings is 2. The molecule has 0 unspecified atom stereocenters. The maximum Gasteiger partial charge on any atom is 0.292 e. The van der Waals surface area contributed by atoms with Gasteiger partial charge in [-0.25, -0.2) is 4.99 Å². The first-order chi connectivity index (χ1) is 15.5. The maximum atomic E-state index is 11.7. The first-order valence-electron chi connectivity index (χ1n) is 11.1. The normalized spacial score (nSPS) is 11.8. The van der Waals surface area contributed by atoms with Gasteiger partial charge in [0.2, 0.25) is 0 Å². The summed E-state index contributed by atoms with van der Waals surface area (Å²) >= 11 is 0. The SMILES string of the molecule is CCN(C)/C(=N/CCc1ccc(OC)cc1)O/C(C=O)=C/c1ccc(N(CC)CC)cc1. The van der Waals surface area contributed by atoms with E-state index < -0.39 is 0 Å². The predicted molar refractivity (Wildman–Crippen MR) is 132 cm³/mol. The molecule has 0 amide bonds. The third-order valence-corrected chi connectivity index (χ3v) is 5.26. The number of carbonyl (C=O) groups is 1. The Hall–Kier alpha value is -3.28. The molecule has 0 radical (unpaired) electrons. The number of ether oxygens (including phenoxy) is 2. The van der Waals surface area contributed by atoms with Crippen molar-refractivity contribution in [2.45, 2.75) is 27.2 Å². The van der Waals surface area contributed by atoms with E-state index in [9.17, 15) is 4.79 Å². The highest BCUT2D eigenvalue weighted by atomic mass is 16.5. The molecule has 0 saturated heterocycles. The second-order valence-electron chi connectivity index (χ2n) is 7.31. The fourth-order valence-corrected chi connectivity index (χ4v) is 3.17. The van der Waals surface area contributed by atoms with Gasteiger partial charge in [0.15, 0.2) is 12.0 Å². The van der Waals surface area contributed by atoms with Gasteiger partial charge in [0, 0.05) is 38.9 Å². The molecule has 2 aromatic carbocycles. The number of hydrogen-bond donors (Lipinski definition) is 0. The minimum Gasteiger partial charge on any atom is -0.497 e. The topological polar surface area (TPSA) is 54.4 Å². The van der Waals surface area contributed by atoms with Gasteiger partial charge in [0.25, 0.3) is 6.02 Å². The van der Waals surface area contributed by atoms with Crippen LogP contribution in [0.5, 0.6) is 5.75 Å². The van der Waals surface area contributed by atoms with Gasteiger partial charge in [0.1, 0.15) is 5.75 Å². The largest absolute Gasteiger partial charge is 0.497 e. The zero-order valence-electron chi connectivity index (χ0n) is 19.9. The van der Waals surface area contributed by atoms with Gasteiger partial charge in [-0.1, -0.05) is 24.3 Å². The van der Waals surface area contributed by atoms with Gasteiger partial charge < -0.3 is 19.3 Å². The lowest BCUT2D eigenvalue weighted by molar-refractivity contribution is -0.106. The number of allylic oxidation sites excluding steroid dienone is 1. The first kappa shape index (κ1) is 25.0. The van der Waals surface area contributed by atoms with E-state index in [1.807, 2.05) is 55.3 Å². The Labute approximate surface area is 192 Å². The van der Waals surface area contributed by atoms with Crippen molar-refractivity contribution in [1.29, 1.82) is 0 Å². The van der Waals surface area contributed by atoms with Crippen LogP contribution in [0.4, 0.5) is 5.69 Å². The summed E-state index contributed by atoms with van der Waals surface area (Å²) in [5, 5.41) is 0. The van der Waals surface area contributed by atoms with E-state index in [0.717, 1.165) is 48.4 Å². The third-order valence-electron chi connectivity index (χ3n) is 5.26. The molecule has 0 heterocycles. The molecule has 0 atom stereocenters. The Morgan fingerprint density at radius 2 is 1.62 bits per heavy atom. The van der Waals surface area contributed by atoms with Crippen LogP contribution in [0.15, 0.2) is 59.3 Å². The van der Waals surface area contributed by atoms with Crippen LogP contribution in [-0.4, -0.2) is 57.5 Å². The predicted octanol–water partition coefficient (Wildman–Crippen LogP) is 4.65. The van der Waals surface area contributed by atoms with E-state index in [-0.39, 0.29) is 5.76 Å². The molecule has 0 bridgehead atoms. The Morgan fingerprint density at radius 1 is 0.969 bits per heavy atom. The fourth-order valence-electron chi connectivity index (χ4n) is 3.17. The van der Waals surface area contributed by atoms with Crippen LogP contribution in [-0.2, 0) is 16.0 Å². The molecule has 0 aromatic heterocycles. The average Bonchev–Trinajstić information content (AvgIpc) is 2.84. The van der Waals surface area contributed by atoms with Crippen molar-refractivity contribution in [3.8, 4) is 5.75 Å². The molecule has 0 saturated carbocycles. The Balaban J connectivity index is 2.10. The van der Waals surface area contributed by atoms with E-state index in [0.29, 0.717) is 19.1 Å². The molecule has 0 fully saturated rings. The van der Waals surface area contributed by atoms with E-state index in [1.54, 1.807) is 13.2 Å². The van der Waals surface area contributed by atoms with Crippen LogP contribution in [0, 0.1) is 0 Å². The molecule has 2 aromatic rings. The number of carbonyl (C=O) groups excluding carboxylic acids is 1. The van der Waals surface area contributed by atoms with Crippen molar-refractivity contribution in [1.82, 2.24) is 4.90 Å². The Kier molecular flexibility index (Phi) is 10.3. The zero-order chi connectivity index (χ0) is 23.3. The van der Waals surface area contributed by atoms with Gasteiger partial charge in [-0.3, -0.25) is 4.79 Å². The van der Waals surface area contributed by atoms with E-state index in [2.05, 4.69) is 35.9 Å². The summed E-state index contributed by atoms with van der Waals surface area (Å²) in [5.74, 6) is 1.06. The summed E-state index contributed by atoms with van der Waals surface area (Å²) in [6.45, 7) is 9.45. The second-order valence-corrected chi connectivity index (χ2v) is 7.31. The number of aldehydes is 1. The number of aliphatic imine (C=N–C) groups is 1. The highest BCUT2D eigenvalue weighted by Gasteiger charge is 2.10. The smallest absolute Gasteiger partial charge is 0.292 e. The highest BCUT2D eigenvalue weighted by Crippen LogP contribution is 2.17. The number of methoxy groups -OCH3 is 1. The van der Waals surface area contributed by atoms with Gasteiger partial charge in [-0.15, -0.1) is 0 Å². The van der Waals surface area contributed by atoms with Crippen LogP contribution in [0.2, 0.25) is 0 Å². The molecular weight excluding hydrogens is 402 g/mol. The Morgan fingerprint density at radius 3 is 2.16 bits per heavy atom. The van der Waals surface area contributed by atoms with Crippen LogP contribution in [0.25, 0.3) is 6.08 Å². The van der Waals surface area contributed by atoms with E-state index in [1.165, 1.54) is 0 Å². The third kappa shape index (κ3) is 7.45. The molecule has 32 heavy (non-hydrogen) atoms. The molecule has 0 aliphatic carbocycles. The minimum atomic E-state index is 0.226. The summed E-state index contributed by atoms with van der Waals surface area (Å²) in [4.78, 5) is 20.5. The molecule has 0 spiro atoms. The first-order valence-corrected chi connectivity index (χ1v) is 11.1. The van der Waals surface area contributed by atoms with Gasteiger partial charge in [-0.05, 0) is 68.7 Å². The molecule has 6 nitrogen and oxygen atoms in total. The minimum absolute atomic E-state index is 0.226. The number of anilines is 1.